The number of methoxy groups -OCH3 is 8. The lowest BCUT2D eigenvalue weighted by atomic mass is 9.93. The first kappa shape index (κ1) is 105. The van der Waals surface area contributed by atoms with E-state index in [1.165, 1.54) is 0 Å². The third-order valence-corrected chi connectivity index (χ3v) is 21.4. The average Bonchev–Trinajstić information content (AvgIpc) is 1.59. The molecule has 2 aliphatic rings. The quantitative estimate of drug-likeness (QED) is 0.0334. The summed E-state index contributed by atoms with van der Waals surface area (Å²) in [6, 6.07) is 18.2. The minimum Gasteiger partial charge on any atom is -0.382 e. The van der Waals surface area contributed by atoms with Crippen molar-refractivity contribution in [1.82, 2.24) is 39.9 Å². The van der Waals surface area contributed by atoms with Crippen LogP contribution < -0.4 is 0 Å². The highest BCUT2D eigenvalue weighted by atomic mass is 16.6. The van der Waals surface area contributed by atoms with Gasteiger partial charge in [0.2, 0.25) is 0 Å². The lowest BCUT2D eigenvalue weighted by Gasteiger charge is -2.14. The summed E-state index contributed by atoms with van der Waals surface area (Å²) in [6.07, 6.45) is 11.7. The summed E-state index contributed by atoms with van der Waals surface area (Å²) in [5, 5.41) is 3.45. The smallest absolute Gasteiger partial charge is 0.164 e. The molecule has 9 rings (SSSR count). The predicted octanol–water partition coefficient (Wildman–Crippen LogP) is 11.8. The molecule has 3 aromatic heterocycles. The van der Waals surface area contributed by atoms with Crippen molar-refractivity contribution in [3.8, 4) is 45.6 Å². The Hall–Kier alpha value is -6.72. The maximum absolute atomic E-state index is 6.21. The van der Waals surface area contributed by atoms with E-state index in [2.05, 4.69) is 58.5 Å². The van der Waals surface area contributed by atoms with Gasteiger partial charge in [0, 0.05) is 154 Å². The van der Waals surface area contributed by atoms with Crippen LogP contribution in [-0.2, 0) is 165 Å². The normalized spacial score (nSPS) is 12.1. The molecular weight excluding hydrogens is 1650 g/mol. The van der Waals surface area contributed by atoms with Gasteiger partial charge < -0.3 is 124 Å². The van der Waals surface area contributed by atoms with Crippen LogP contribution in [0.3, 0.4) is 0 Å². The molecule has 32 nitrogen and oxygen atoms in total. The number of aryl methyl sites for hydroxylation is 8. The number of hydrogen-bond donors (Lipinski definition) is 2. The van der Waals surface area contributed by atoms with Crippen LogP contribution in [0.5, 0.6) is 0 Å². The van der Waals surface area contributed by atoms with Gasteiger partial charge in [0.1, 0.15) is 22.6 Å². The molecule has 4 aromatic carbocycles. The molecule has 7 aromatic rings. The topological polar surface area (TPSA) is 330 Å². The molecule has 0 fully saturated rings. The number of ether oxygens (including phenoxy) is 24. The van der Waals surface area contributed by atoms with E-state index in [0.717, 1.165) is 140 Å². The van der Waals surface area contributed by atoms with E-state index in [9.17, 15) is 0 Å². The molecule has 2 aliphatic heterocycles. The van der Waals surface area contributed by atoms with Gasteiger partial charge in [0.05, 0.1) is 211 Å². The zero-order valence-corrected chi connectivity index (χ0v) is 77.7. The van der Waals surface area contributed by atoms with E-state index in [1.54, 1.807) is 56.9 Å². The maximum Gasteiger partial charge on any atom is 0.164 e. The molecule has 5 heterocycles. The number of nitrogens with one attached hydrogen (secondary N) is 2. The Labute approximate surface area is 756 Å². The Morgan fingerprint density at radius 1 is 0.164 bits per heavy atom. The second-order valence-corrected chi connectivity index (χ2v) is 30.8. The van der Waals surface area contributed by atoms with Gasteiger partial charge in [0.15, 0.2) is 23.3 Å². The van der Waals surface area contributed by atoms with Crippen molar-refractivity contribution in [2.24, 2.45) is 0 Å². The first-order valence-electron chi connectivity index (χ1n) is 45.9. The number of aromatic nitrogens is 8. The van der Waals surface area contributed by atoms with Crippen molar-refractivity contribution in [1.29, 1.82) is 0 Å². The largest absolute Gasteiger partial charge is 0.382 e. The Balaban J connectivity index is 1.28. The summed E-state index contributed by atoms with van der Waals surface area (Å²) in [5.74, 6) is 1.95. The number of hydrogen-bond acceptors (Lipinski definition) is 30. The Morgan fingerprint density at radius 2 is 0.297 bits per heavy atom. The van der Waals surface area contributed by atoms with Crippen LogP contribution in [0.4, 0.5) is 0 Å². The number of aromatic amines is 2. The van der Waals surface area contributed by atoms with Gasteiger partial charge in [-0.15, -0.1) is 0 Å². The lowest BCUT2D eigenvalue weighted by Crippen LogP contribution is -2.10. The minimum atomic E-state index is 0.464. The summed E-state index contributed by atoms with van der Waals surface area (Å²) in [6.45, 7) is 19.9. The molecule has 0 saturated carbocycles. The average molecular weight is 1800 g/mol. The first-order valence-corrected chi connectivity index (χ1v) is 45.9. The van der Waals surface area contributed by atoms with Crippen LogP contribution in [0.2, 0.25) is 0 Å². The summed E-state index contributed by atoms with van der Waals surface area (Å²) in [5.41, 5.74) is 14.8. The summed E-state index contributed by atoms with van der Waals surface area (Å²) in [7, 11) is 13.4. The minimum absolute atomic E-state index is 0.464. The van der Waals surface area contributed by atoms with Gasteiger partial charge in [-0.2, -0.15) is 0 Å². The van der Waals surface area contributed by atoms with Crippen molar-refractivity contribution >= 4 is 44.1 Å². The molecule has 128 heavy (non-hydrogen) atoms. The Morgan fingerprint density at radius 3 is 0.445 bits per heavy atom. The highest BCUT2D eigenvalue weighted by Crippen LogP contribution is 2.41. The fraction of sp³-hybridized carbons (Fsp3) is 0.667. The van der Waals surface area contributed by atoms with Crippen molar-refractivity contribution in [3.63, 3.8) is 0 Å². The molecule has 0 spiro atoms. The van der Waals surface area contributed by atoms with Crippen molar-refractivity contribution < 1.29 is 114 Å². The molecule has 0 radical (unpaired) electrons. The fourth-order valence-electron chi connectivity index (χ4n) is 14.8. The van der Waals surface area contributed by atoms with Gasteiger partial charge in [-0.3, -0.25) is 0 Å². The van der Waals surface area contributed by atoms with E-state index < -0.39 is 0 Å². The number of rotatable bonds is 80. The Kier molecular flexibility index (Phi) is 54.0. The third kappa shape index (κ3) is 38.1. The molecule has 0 saturated heterocycles. The number of nitrogens with zero attached hydrogens (tertiary/aromatic N) is 6. The molecule has 0 aliphatic carbocycles. The van der Waals surface area contributed by atoms with E-state index in [-0.39, 0.29) is 0 Å². The number of H-pyrrole nitrogens is 2. The third-order valence-electron chi connectivity index (χ3n) is 21.4. The van der Waals surface area contributed by atoms with Crippen LogP contribution in [0, 0.1) is 0 Å². The summed E-state index contributed by atoms with van der Waals surface area (Å²) < 4.78 is 138. The van der Waals surface area contributed by atoms with E-state index >= 15 is 0 Å². The van der Waals surface area contributed by atoms with Gasteiger partial charge >= 0.3 is 0 Å². The molecule has 0 unspecified atom stereocenters. The number of fused-ring (bicyclic) bond motifs is 20. The standard InChI is InChI=1S/C96H146N8O24/c1-105-33-41-121-57-49-113-25-9-17-73-65-81-82(66-74(73)18-10-26-114-50-58-122-42-34-106-2)90-97-89(81)101-91-83-67-75(19-11-27-115-51-59-123-43-35-107-3)76(20-12-28-116-52-60-124-44-36-108-4)68-84(83)93(98-91)103-95-87-71-79(23-15-31-119-55-63-127-47-39-111-7)80(24-16-32-120-56-64-128-48-40-112-8)72-88(87)96(100-95)104-94-86-70-78(22-14-30-118-54-62-126-46-38-110-6)77(69-85(86)92(99-94)102-90)21-13-29-117-53-61-125-45-37-109-5/h65-72H,9-64H2,1-8H3,(H2,97,98,99,100,101,102,103,104). The van der Waals surface area contributed by atoms with Gasteiger partial charge in [0.25, 0.3) is 0 Å². The fourth-order valence-corrected chi connectivity index (χ4v) is 14.8. The summed E-state index contributed by atoms with van der Waals surface area (Å²) in [4.78, 5) is 42.0. The molecule has 0 atom stereocenters. The van der Waals surface area contributed by atoms with Gasteiger partial charge in [-0.25, -0.2) is 29.9 Å². The van der Waals surface area contributed by atoms with Gasteiger partial charge in [-0.1, -0.05) is 0 Å². The van der Waals surface area contributed by atoms with Crippen LogP contribution in [-0.4, -0.2) is 361 Å². The monoisotopic (exact) mass is 1800 g/mol. The van der Waals surface area contributed by atoms with E-state index in [4.69, 9.17) is 144 Å². The second kappa shape index (κ2) is 65.8. The molecule has 714 valence electrons. The van der Waals surface area contributed by atoms with Crippen LogP contribution in [0.25, 0.3) is 89.7 Å². The van der Waals surface area contributed by atoms with E-state index in [0.29, 0.717) is 362 Å². The first-order chi connectivity index (χ1) is 63.3. The SMILES string of the molecule is COCCOCCOCCCc1cc2c(cc1CCCOCCOCCOC)-c1nc-2nc2[nH]c(nc3nc(nc4[nH]c(n1)c1cc(CCCOCCOCCOC)c(CCCOCCOCCOC)cc41)-c1cc(CCCOCCOCCOC)c(CCCOCCOCCOC)cc1-3)c1cc(CCCOCCOCCOC)c(CCCOCCOCCOC)cc21. The van der Waals surface area contributed by atoms with Crippen molar-refractivity contribution in [2.45, 2.75) is 103 Å². The van der Waals surface area contributed by atoms with Crippen LogP contribution in [0.1, 0.15) is 95.9 Å². The molecule has 8 bridgehead atoms. The van der Waals surface area contributed by atoms with Gasteiger partial charge in [-0.05, 0) is 196 Å². The van der Waals surface area contributed by atoms with E-state index in [1.807, 2.05) is 0 Å². The molecule has 2 N–H and O–H groups in total. The zero-order chi connectivity index (χ0) is 89.7. The number of benzene rings is 4. The maximum atomic E-state index is 6.21. The zero-order valence-electron chi connectivity index (χ0n) is 77.7. The lowest BCUT2D eigenvalue weighted by molar-refractivity contribution is 0.0242. The summed E-state index contributed by atoms with van der Waals surface area (Å²) >= 11 is 0. The second-order valence-electron chi connectivity index (χ2n) is 30.8. The molecule has 32 heteroatoms. The van der Waals surface area contributed by atoms with Crippen molar-refractivity contribution in [3.05, 3.63) is 93.0 Å². The Bertz CT molecular complexity index is 3820. The highest BCUT2D eigenvalue weighted by Gasteiger charge is 2.27. The van der Waals surface area contributed by atoms with Crippen molar-refractivity contribution in [2.75, 3.05) is 321 Å². The van der Waals surface area contributed by atoms with Crippen LogP contribution >= 0.6 is 0 Å². The molecular formula is C96H146N8O24. The predicted molar refractivity (Wildman–Crippen MR) is 491 cm³/mol. The highest BCUT2D eigenvalue weighted by molar-refractivity contribution is 6.07. The van der Waals surface area contributed by atoms with Crippen LogP contribution in [0.15, 0.2) is 48.5 Å². The molecule has 0 amide bonds.